The first-order chi connectivity index (χ1) is 11.3. The molecule has 2 rings (SSSR count). The third-order valence-corrected chi connectivity index (χ3v) is 4.28. The molecule has 0 fully saturated rings. The van der Waals surface area contributed by atoms with Crippen molar-refractivity contribution in [2.24, 2.45) is 0 Å². The van der Waals surface area contributed by atoms with Gasteiger partial charge in [0.2, 0.25) is 5.89 Å². The summed E-state index contributed by atoms with van der Waals surface area (Å²) in [7, 11) is 1.62. The van der Waals surface area contributed by atoms with Crippen LogP contribution in [0.1, 0.15) is 42.3 Å². The van der Waals surface area contributed by atoms with Crippen molar-refractivity contribution in [2.75, 3.05) is 7.11 Å². The summed E-state index contributed by atoms with van der Waals surface area (Å²) < 4.78 is 10.6. The molecule has 0 aliphatic carbocycles. The van der Waals surface area contributed by atoms with Gasteiger partial charge in [-0.25, -0.2) is 0 Å². The molecule has 0 atom stereocenters. The lowest BCUT2D eigenvalue weighted by Gasteiger charge is -2.15. The van der Waals surface area contributed by atoms with Gasteiger partial charge in [-0.3, -0.25) is 0 Å². The molecule has 0 unspecified atom stereocenters. The highest BCUT2D eigenvalue weighted by Crippen LogP contribution is 2.33. The minimum Gasteiger partial charge on any atom is -0.544 e. The molecule has 0 spiro atoms. The van der Waals surface area contributed by atoms with Crippen molar-refractivity contribution in [3.8, 4) is 5.75 Å². The minimum atomic E-state index is -1.29. The van der Waals surface area contributed by atoms with Crippen molar-refractivity contribution >= 4 is 23.8 Å². The second-order valence-corrected chi connectivity index (χ2v) is 6.58. The minimum absolute atomic E-state index is 0.00150. The zero-order valence-corrected chi connectivity index (χ0v) is 15.1. The standard InChI is InChI=1S/C17H20N2O4S/c1-9(2)13-7-12(10(3)6-14(13)22-5)8-15(16(20)21)24-17-19-18-11(4)23-17/h6-9H,1-5H3,(H,20,21)/p-1/b15-8-. The second-order valence-electron chi connectivity index (χ2n) is 5.59. The molecule has 0 amide bonds. The molecule has 7 heteroatoms. The predicted octanol–water partition coefficient (Wildman–Crippen LogP) is 2.70. The van der Waals surface area contributed by atoms with Gasteiger partial charge in [-0.2, -0.15) is 0 Å². The number of aromatic nitrogens is 2. The van der Waals surface area contributed by atoms with Gasteiger partial charge >= 0.3 is 0 Å². The zero-order chi connectivity index (χ0) is 17.9. The predicted molar refractivity (Wildman–Crippen MR) is 89.7 cm³/mol. The van der Waals surface area contributed by atoms with E-state index in [2.05, 4.69) is 24.0 Å². The van der Waals surface area contributed by atoms with Gasteiger partial charge in [-0.15, -0.1) is 10.2 Å². The van der Waals surface area contributed by atoms with E-state index in [1.54, 1.807) is 20.1 Å². The van der Waals surface area contributed by atoms with Crippen LogP contribution in [0.3, 0.4) is 0 Å². The van der Waals surface area contributed by atoms with Crippen LogP contribution in [0.2, 0.25) is 0 Å². The normalized spacial score (nSPS) is 11.8. The highest BCUT2D eigenvalue weighted by atomic mass is 32.2. The quantitative estimate of drug-likeness (QED) is 0.586. The number of aliphatic carboxylic acids is 1. The number of carbonyl (C=O) groups excluding carboxylic acids is 1. The Morgan fingerprint density at radius 2 is 2.04 bits per heavy atom. The van der Waals surface area contributed by atoms with E-state index in [9.17, 15) is 9.90 Å². The first kappa shape index (κ1) is 18.1. The number of hydrogen-bond donors (Lipinski definition) is 0. The number of carbonyl (C=O) groups is 1. The molecule has 0 saturated carbocycles. The topological polar surface area (TPSA) is 88.3 Å². The Morgan fingerprint density at radius 3 is 2.54 bits per heavy atom. The molecule has 0 radical (unpaired) electrons. The molecule has 0 aliphatic rings. The number of methoxy groups -OCH3 is 1. The van der Waals surface area contributed by atoms with Crippen LogP contribution in [0.4, 0.5) is 0 Å². The lowest BCUT2D eigenvalue weighted by atomic mass is 9.96. The van der Waals surface area contributed by atoms with Crippen molar-refractivity contribution < 1.29 is 19.1 Å². The highest BCUT2D eigenvalue weighted by molar-refractivity contribution is 8.03. The van der Waals surface area contributed by atoms with Crippen LogP contribution in [0.25, 0.3) is 6.08 Å². The van der Waals surface area contributed by atoms with Gasteiger partial charge in [0.15, 0.2) is 0 Å². The Balaban J connectivity index is 2.45. The zero-order valence-electron chi connectivity index (χ0n) is 14.2. The third kappa shape index (κ3) is 4.17. The van der Waals surface area contributed by atoms with Crippen LogP contribution in [0.15, 0.2) is 26.7 Å². The fourth-order valence-electron chi connectivity index (χ4n) is 2.18. The molecule has 1 heterocycles. The summed E-state index contributed by atoms with van der Waals surface area (Å²) in [5, 5.41) is 19.1. The largest absolute Gasteiger partial charge is 0.544 e. The summed E-state index contributed by atoms with van der Waals surface area (Å²) >= 11 is 0.873. The van der Waals surface area contributed by atoms with Crippen LogP contribution < -0.4 is 9.84 Å². The third-order valence-electron chi connectivity index (χ3n) is 3.43. The van der Waals surface area contributed by atoms with Gasteiger partial charge in [-0.1, -0.05) is 13.8 Å². The Morgan fingerprint density at radius 1 is 1.33 bits per heavy atom. The lowest BCUT2D eigenvalue weighted by Crippen LogP contribution is -2.23. The van der Waals surface area contributed by atoms with Crippen molar-refractivity contribution in [3.05, 3.63) is 39.6 Å². The molecule has 1 aromatic carbocycles. The smallest absolute Gasteiger partial charge is 0.281 e. The van der Waals surface area contributed by atoms with Crippen molar-refractivity contribution in [1.82, 2.24) is 10.2 Å². The van der Waals surface area contributed by atoms with Gasteiger partial charge in [-0.05, 0) is 59.5 Å². The fraction of sp³-hybridized carbons (Fsp3) is 0.353. The highest BCUT2D eigenvalue weighted by Gasteiger charge is 2.13. The summed E-state index contributed by atoms with van der Waals surface area (Å²) in [5.41, 5.74) is 2.69. The summed E-state index contributed by atoms with van der Waals surface area (Å²) in [6, 6.07) is 3.83. The Hall–Kier alpha value is -2.28. The number of carboxylic acid groups (broad SMARTS) is 1. The Kier molecular flexibility index (Phi) is 5.66. The lowest BCUT2D eigenvalue weighted by molar-refractivity contribution is -0.298. The Bertz CT molecular complexity index is 781. The van der Waals surface area contributed by atoms with Gasteiger partial charge in [0, 0.05) is 11.8 Å². The van der Waals surface area contributed by atoms with Crippen LogP contribution in [0, 0.1) is 13.8 Å². The Labute approximate surface area is 144 Å². The molecular formula is C17H19N2O4S-. The molecule has 0 aliphatic heterocycles. The van der Waals surface area contributed by atoms with E-state index in [0.29, 0.717) is 5.89 Å². The number of rotatable bonds is 6. The van der Waals surface area contributed by atoms with Gasteiger partial charge in [0.05, 0.1) is 13.1 Å². The van der Waals surface area contributed by atoms with Crippen molar-refractivity contribution in [3.63, 3.8) is 0 Å². The van der Waals surface area contributed by atoms with Gasteiger partial charge < -0.3 is 19.1 Å². The van der Waals surface area contributed by atoms with E-state index >= 15 is 0 Å². The van der Waals surface area contributed by atoms with E-state index in [0.717, 1.165) is 34.2 Å². The molecular weight excluding hydrogens is 328 g/mol. The maximum absolute atomic E-state index is 11.5. The van der Waals surface area contributed by atoms with E-state index in [1.807, 2.05) is 19.1 Å². The first-order valence-electron chi connectivity index (χ1n) is 7.41. The van der Waals surface area contributed by atoms with Crippen molar-refractivity contribution in [2.45, 2.75) is 38.8 Å². The van der Waals surface area contributed by atoms with E-state index in [-0.39, 0.29) is 16.0 Å². The molecule has 2 aromatic rings. The SMILES string of the molecule is COc1cc(C)c(/C=C(\Sc2nnc(C)o2)C(=O)[O-])cc1C(C)C. The van der Waals surface area contributed by atoms with Crippen LogP contribution in [-0.4, -0.2) is 23.3 Å². The molecule has 0 bridgehead atoms. The molecule has 0 saturated heterocycles. The second kappa shape index (κ2) is 7.53. The number of hydrogen-bond acceptors (Lipinski definition) is 7. The number of benzene rings is 1. The molecule has 128 valence electrons. The number of carboxylic acids is 1. The summed E-state index contributed by atoms with van der Waals surface area (Å²) in [5.74, 6) is 0.107. The molecule has 1 aromatic heterocycles. The number of thioether (sulfide) groups is 1. The van der Waals surface area contributed by atoms with Crippen LogP contribution in [0.5, 0.6) is 5.75 Å². The van der Waals surface area contributed by atoms with E-state index in [4.69, 9.17) is 9.15 Å². The maximum atomic E-state index is 11.5. The summed E-state index contributed by atoms with van der Waals surface area (Å²) in [6.07, 6.45) is 1.56. The van der Waals surface area contributed by atoms with E-state index < -0.39 is 5.97 Å². The average Bonchev–Trinajstić information content (AvgIpc) is 2.92. The van der Waals surface area contributed by atoms with Gasteiger partial charge in [0.25, 0.3) is 5.22 Å². The van der Waals surface area contributed by atoms with E-state index in [1.165, 1.54) is 0 Å². The van der Waals surface area contributed by atoms with Crippen LogP contribution >= 0.6 is 11.8 Å². The average molecular weight is 347 g/mol. The monoisotopic (exact) mass is 347 g/mol. The number of ether oxygens (including phenoxy) is 1. The fourth-order valence-corrected chi connectivity index (χ4v) is 2.89. The molecule has 6 nitrogen and oxygen atoms in total. The van der Waals surface area contributed by atoms with Crippen LogP contribution in [-0.2, 0) is 4.79 Å². The molecule has 24 heavy (non-hydrogen) atoms. The summed E-state index contributed by atoms with van der Waals surface area (Å²) in [6.45, 7) is 7.64. The first-order valence-corrected chi connectivity index (χ1v) is 8.23. The number of aryl methyl sites for hydroxylation is 2. The van der Waals surface area contributed by atoms with Crippen molar-refractivity contribution in [1.29, 1.82) is 0 Å². The number of nitrogens with zero attached hydrogens (tertiary/aromatic N) is 2. The molecule has 0 N–H and O–H groups in total. The summed E-state index contributed by atoms with van der Waals surface area (Å²) in [4.78, 5) is 11.5. The van der Waals surface area contributed by atoms with Gasteiger partial charge in [0.1, 0.15) is 5.75 Å². The maximum Gasteiger partial charge on any atom is 0.281 e.